The predicted molar refractivity (Wildman–Crippen MR) is 75.9 cm³/mol. The molecule has 0 fully saturated rings. The molecule has 2 aromatic rings. The van der Waals surface area contributed by atoms with Gasteiger partial charge in [-0.3, -0.25) is 0 Å². The third-order valence-corrected chi connectivity index (χ3v) is 3.92. The first-order chi connectivity index (χ1) is 9.33. The maximum Gasteiger partial charge on any atom is 0.0885 e. The van der Waals surface area contributed by atoms with Crippen molar-refractivity contribution < 1.29 is 0 Å². The molecule has 100 valence electrons. The monoisotopic (exact) mass is 256 g/mol. The van der Waals surface area contributed by atoms with Gasteiger partial charge in [0, 0.05) is 18.2 Å². The van der Waals surface area contributed by atoms with Crippen LogP contribution >= 0.6 is 0 Å². The number of aryl methyl sites for hydroxylation is 2. The first kappa shape index (κ1) is 12.4. The summed E-state index contributed by atoms with van der Waals surface area (Å²) in [5.74, 6) is 0. The van der Waals surface area contributed by atoms with Gasteiger partial charge < -0.3 is 5.32 Å². The average Bonchev–Trinajstić information content (AvgIpc) is 3.04. The molecule has 1 aliphatic carbocycles. The Morgan fingerprint density at radius 1 is 1.42 bits per heavy atom. The van der Waals surface area contributed by atoms with Crippen molar-refractivity contribution in [2.24, 2.45) is 0 Å². The smallest absolute Gasteiger partial charge is 0.0885 e. The largest absolute Gasteiger partial charge is 0.313 e. The lowest BCUT2D eigenvalue weighted by Gasteiger charge is -2.11. The van der Waals surface area contributed by atoms with E-state index in [2.05, 4.69) is 40.8 Å². The average molecular weight is 256 g/mol. The fraction of sp³-hybridized carbons (Fsp3) is 0.467. The van der Waals surface area contributed by atoms with Crippen molar-refractivity contribution in [3.63, 3.8) is 0 Å². The lowest BCUT2D eigenvalue weighted by Crippen LogP contribution is -2.12. The summed E-state index contributed by atoms with van der Waals surface area (Å²) in [5.41, 5.74) is 5.26. The zero-order valence-corrected chi connectivity index (χ0v) is 11.6. The Kier molecular flexibility index (Phi) is 3.34. The Morgan fingerprint density at radius 3 is 3.11 bits per heavy atom. The van der Waals surface area contributed by atoms with Crippen molar-refractivity contribution in [1.82, 2.24) is 20.3 Å². The second kappa shape index (κ2) is 5.13. The Hall–Kier alpha value is -1.68. The van der Waals surface area contributed by atoms with Gasteiger partial charge in [0.25, 0.3) is 0 Å². The van der Waals surface area contributed by atoms with Gasteiger partial charge in [0.15, 0.2) is 0 Å². The molecule has 0 saturated heterocycles. The molecule has 1 heterocycles. The van der Waals surface area contributed by atoms with Crippen LogP contribution in [0.4, 0.5) is 0 Å². The number of hydrogen-bond acceptors (Lipinski definition) is 3. The van der Waals surface area contributed by atoms with Gasteiger partial charge in [-0.15, -0.1) is 5.10 Å². The number of hydrogen-bond donors (Lipinski definition) is 1. The highest BCUT2D eigenvalue weighted by Crippen LogP contribution is 2.33. The highest BCUT2D eigenvalue weighted by molar-refractivity contribution is 5.61. The van der Waals surface area contributed by atoms with Crippen LogP contribution in [-0.2, 0) is 13.0 Å². The number of fused-ring (bicyclic) bond motifs is 1. The van der Waals surface area contributed by atoms with Gasteiger partial charge in [-0.05, 0) is 43.5 Å². The normalized spacial score (nSPS) is 17.7. The molecule has 1 atom stereocenters. The molecule has 1 N–H and O–H groups in total. The van der Waals surface area contributed by atoms with Crippen LogP contribution in [0.15, 0.2) is 24.4 Å². The molecule has 1 aromatic carbocycles. The summed E-state index contributed by atoms with van der Waals surface area (Å²) in [6, 6.07) is 7.27. The fourth-order valence-electron chi connectivity index (χ4n) is 2.93. The summed E-state index contributed by atoms with van der Waals surface area (Å²) >= 11 is 0. The molecule has 0 amide bonds. The van der Waals surface area contributed by atoms with Gasteiger partial charge in [0.05, 0.1) is 11.9 Å². The van der Waals surface area contributed by atoms with Crippen LogP contribution < -0.4 is 5.32 Å². The fourth-order valence-corrected chi connectivity index (χ4v) is 2.93. The first-order valence-corrected chi connectivity index (χ1v) is 7.02. The van der Waals surface area contributed by atoms with Crippen LogP contribution in [0, 0.1) is 0 Å². The van der Waals surface area contributed by atoms with Crippen LogP contribution in [0.1, 0.15) is 36.9 Å². The third-order valence-electron chi connectivity index (χ3n) is 3.92. The third kappa shape index (κ3) is 2.16. The lowest BCUT2D eigenvalue weighted by atomic mass is 10.0. The van der Waals surface area contributed by atoms with Crippen molar-refractivity contribution in [3.8, 4) is 11.3 Å². The van der Waals surface area contributed by atoms with E-state index in [0.29, 0.717) is 6.04 Å². The number of nitrogens with one attached hydrogen (secondary N) is 1. The minimum Gasteiger partial charge on any atom is -0.313 e. The Bertz CT molecular complexity index is 573. The maximum atomic E-state index is 4.16. The van der Waals surface area contributed by atoms with Gasteiger partial charge in [0.2, 0.25) is 0 Å². The van der Waals surface area contributed by atoms with E-state index in [-0.39, 0.29) is 0 Å². The van der Waals surface area contributed by atoms with E-state index in [0.717, 1.165) is 25.1 Å². The van der Waals surface area contributed by atoms with Crippen molar-refractivity contribution in [2.45, 2.75) is 38.8 Å². The minimum atomic E-state index is 0.516. The van der Waals surface area contributed by atoms with Gasteiger partial charge in [-0.25, -0.2) is 4.68 Å². The molecule has 4 nitrogen and oxygen atoms in total. The summed E-state index contributed by atoms with van der Waals surface area (Å²) in [4.78, 5) is 0. The Balaban J connectivity index is 1.96. The number of nitrogens with zero attached hydrogens (tertiary/aromatic N) is 3. The highest BCUT2D eigenvalue weighted by Gasteiger charge is 2.21. The van der Waals surface area contributed by atoms with E-state index in [1.165, 1.54) is 23.1 Å². The molecule has 0 saturated carbocycles. The summed E-state index contributed by atoms with van der Waals surface area (Å²) in [7, 11) is 2.04. The molecular formula is C15H20N4. The molecule has 0 spiro atoms. The van der Waals surface area contributed by atoms with E-state index >= 15 is 0 Å². The number of rotatable bonds is 4. The van der Waals surface area contributed by atoms with Gasteiger partial charge in [0.1, 0.15) is 0 Å². The molecule has 1 unspecified atom stereocenters. The van der Waals surface area contributed by atoms with Gasteiger partial charge >= 0.3 is 0 Å². The summed E-state index contributed by atoms with van der Waals surface area (Å²) in [6.45, 7) is 3.08. The van der Waals surface area contributed by atoms with E-state index in [9.17, 15) is 0 Å². The lowest BCUT2D eigenvalue weighted by molar-refractivity contribution is 0.584. The SMILES string of the molecule is CCCn1nncc1-c1ccc2c(c1)CCC2NC. The van der Waals surface area contributed by atoms with E-state index in [4.69, 9.17) is 0 Å². The topological polar surface area (TPSA) is 42.7 Å². The van der Waals surface area contributed by atoms with E-state index < -0.39 is 0 Å². The molecule has 1 aromatic heterocycles. The van der Waals surface area contributed by atoms with E-state index in [1.54, 1.807) is 0 Å². The van der Waals surface area contributed by atoms with Crippen molar-refractivity contribution >= 4 is 0 Å². The van der Waals surface area contributed by atoms with Crippen LogP contribution in [0.3, 0.4) is 0 Å². The summed E-state index contributed by atoms with van der Waals surface area (Å²) in [5, 5.41) is 11.6. The zero-order valence-electron chi connectivity index (χ0n) is 11.6. The van der Waals surface area contributed by atoms with E-state index in [1.807, 2.05) is 17.9 Å². The quantitative estimate of drug-likeness (QED) is 0.914. The van der Waals surface area contributed by atoms with Crippen LogP contribution in [0.5, 0.6) is 0 Å². The number of benzene rings is 1. The second-order valence-corrected chi connectivity index (χ2v) is 5.14. The van der Waals surface area contributed by atoms with Gasteiger partial charge in [-0.1, -0.05) is 24.3 Å². The molecule has 0 radical (unpaired) electrons. The van der Waals surface area contributed by atoms with Gasteiger partial charge in [-0.2, -0.15) is 0 Å². The first-order valence-electron chi connectivity index (χ1n) is 7.02. The second-order valence-electron chi connectivity index (χ2n) is 5.14. The van der Waals surface area contributed by atoms with Crippen LogP contribution in [-0.4, -0.2) is 22.0 Å². The molecule has 4 heteroatoms. The molecule has 0 bridgehead atoms. The molecule has 3 rings (SSSR count). The highest BCUT2D eigenvalue weighted by atomic mass is 15.4. The molecule has 0 aliphatic heterocycles. The Labute approximate surface area is 113 Å². The number of aromatic nitrogens is 3. The standard InChI is InChI=1S/C15H20N4/c1-3-8-19-15(10-17-18-19)12-4-6-13-11(9-12)5-7-14(13)16-2/h4,6,9-10,14,16H,3,5,7-8H2,1-2H3. The molecule has 1 aliphatic rings. The summed E-state index contributed by atoms with van der Waals surface area (Å²) in [6.07, 6.45) is 5.29. The zero-order chi connectivity index (χ0) is 13.2. The van der Waals surface area contributed by atoms with Crippen molar-refractivity contribution in [2.75, 3.05) is 7.05 Å². The van der Waals surface area contributed by atoms with Crippen LogP contribution in [0.25, 0.3) is 11.3 Å². The van der Waals surface area contributed by atoms with Crippen molar-refractivity contribution in [1.29, 1.82) is 0 Å². The molecular weight excluding hydrogens is 236 g/mol. The maximum absolute atomic E-state index is 4.16. The Morgan fingerprint density at radius 2 is 2.32 bits per heavy atom. The minimum absolute atomic E-state index is 0.516. The summed E-state index contributed by atoms with van der Waals surface area (Å²) < 4.78 is 1.99. The van der Waals surface area contributed by atoms with Crippen LogP contribution in [0.2, 0.25) is 0 Å². The predicted octanol–water partition coefficient (Wildman–Crippen LogP) is 2.56. The molecule has 19 heavy (non-hydrogen) atoms. The van der Waals surface area contributed by atoms with Crippen molar-refractivity contribution in [3.05, 3.63) is 35.5 Å².